The molecular weight excluding hydrogens is 388 g/mol. The maximum Gasteiger partial charge on any atom is 0.243 e. The average Bonchev–Trinajstić information content (AvgIpc) is 2.53. The second-order valence-electron chi connectivity index (χ2n) is 5.84. The molecule has 0 spiro atoms. The van der Waals surface area contributed by atoms with Crippen molar-refractivity contribution < 1.29 is 17.5 Å². The van der Waals surface area contributed by atoms with Gasteiger partial charge in [0.25, 0.3) is 0 Å². The molecule has 0 radical (unpaired) electrons. The van der Waals surface area contributed by atoms with Gasteiger partial charge in [-0.05, 0) is 54.4 Å². The lowest BCUT2D eigenvalue weighted by atomic mass is 10.1. The van der Waals surface area contributed by atoms with Crippen LogP contribution in [0.15, 0.2) is 41.3 Å². The number of aryl methyl sites for hydroxylation is 1. The van der Waals surface area contributed by atoms with Crippen molar-refractivity contribution in [3.63, 3.8) is 0 Å². The fraction of sp³-hybridized carbons (Fsp3) is 0.294. The van der Waals surface area contributed by atoms with Gasteiger partial charge in [-0.25, -0.2) is 12.8 Å². The summed E-state index contributed by atoms with van der Waals surface area (Å²) in [6.45, 7) is 2.18. The molecular formula is C17H16Cl2FNO3S. The fourth-order valence-corrected chi connectivity index (χ4v) is 5.02. The van der Waals surface area contributed by atoms with Crippen molar-refractivity contribution in [2.75, 3.05) is 19.7 Å². The molecule has 2 aromatic rings. The van der Waals surface area contributed by atoms with E-state index in [2.05, 4.69) is 0 Å². The van der Waals surface area contributed by atoms with Gasteiger partial charge in [-0.15, -0.1) is 0 Å². The Balaban J connectivity index is 1.90. The third-order valence-electron chi connectivity index (χ3n) is 4.04. The first-order valence-electron chi connectivity index (χ1n) is 7.61. The van der Waals surface area contributed by atoms with Crippen LogP contribution in [0.1, 0.15) is 17.2 Å². The highest BCUT2D eigenvalue weighted by Crippen LogP contribution is 2.31. The second kappa shape index (κ2) is 7.21. The van der Waals surface area contributed by atoms with Crippen LogP contribution in [-0.4, -0.2) is 32.4 Å². The van der Waals surface area contributed by atoms with Gasteiger partial charge in [0.2, 0.25) is 10.0 Å². The summed E-state index contributed by atoms with van der Waals surface area (Å²) in [6.07, 6.45) is -0.472. The molecule has 4 nitrogen and oxygen atoms in total. The van der Waals surface area contributed by atoms with Crippen molar-refractivity contribution in [3.8, 4) is 0 Å². The zero-order chi connectivity index (χ0) is 18.2. The van der Waals surface area contributed by atoms with Gasteiger partial charge in [0, 0.05) is 23.1 Å². The highest BCUT2D eigenvalue weighted by Gasteiger charge is 2.32. The van der Waals surface area contributed by atoms with Crippen LogP contribution in [0.25, 0.3) is 0 Å². The van der Waals surface area contributed by atoms with Gasteiger partial charge in [0.15, 0.2) is 0 Å². The Hall–Kier alpha value is -1.18. The molecule has 25 heavy (non-hydrogen) atoms. The van der Waals surface area contributed by atoms with Crippen LogP contribution < -0.4 is 0 Å². The van der Waals surface area contributed by atoms with E-state index in [1.165, 1.54) is 16.4 Å². The lowest BCUT2D eigenvalue weighted by Gasteiger charge is -2.32. The summed E-state index contributed by atoms with van der Waals surface area (Å²) in [5.41, 5.74) is 1.09. The fourth-order valence-electron chi connectivity index (χ4n) is 2.85. The monoisotopic (exact) mass is 403 g/mol. The number of ether oxygens (including phenoxy) is 1. The molecule has 1 atom stereocenters. The molecule has 0 bridgehead atoms. The second-order valence-corrected chi connectivity index (χ2v) is 8.61. The predicted molar refractivity (Wildman–Crippen MR) is 95.1 cm³/mol. The Morgan fingerprint density at radius 3 is 2.48 bits per heavy atom. The first-order chi connectivity index (χ1) is 11.8. The zero-order valence-corrected chi connectivity index (χ0v) is 15.7. The summed E-state index contributed by atoms with van der Waals surface area (Å²) in [5, 5.41) is 0.918. The van der Waals surface area contributed by atoms with E-state index in [1.807, 2.05) is 0 Å². The van der Waals surface area contributed by atoms with Crippen molar-refractivity contribution in [1.82, 2.24) is 4.31 Å². The van der Waals surface area contributed by atoms with E-state index in [1.54, 1.807) is 25.1 Å². The van der Waals surface area contributed by atoms with E-state index in [0.717, 1.165) is 6.07 Å². The van der Waals surface area contributed by atoms with Crippen LogP contribution in [0.4, 0.5) is 4.39 Å². The van der Waals surface area contributed by atoms with E-state index >= 15 is 0 Å². The Morgan fingerprint density at radius 1 is 1.16 bits per heavy atom. The van der Waals surface area contributed by atoms with Gasteiger partial charge in [-0.2, -0.15) is 4.31 Å². The van der Waals surface area contributed by atoms with E-state index < -0.39 is 21.9 Å². The summed E-state index contributed by atoms with van der Waals surface area (Å²) in [5.74, 6) is -0.468. The average molecular weight is 404 g/mol. The molecule has 0 aromatic heterocycles. The molecule has 2 aromatic carbocycles. The first kappa shape index (κ1) is 18.6. The summed E-state index contributed by atoms with van der Waals surface area (Å²) < 4.78 is 46.2. The van der Waals surface area contributed by atoms with Crippen molar-refractivity contribution in [3.05, 3.63) is 63.4 Å². The topological polar surface area (TPSA) is 46.6 Å². The minimum atomic E-state index is -3.75. The van der Waals surface area contributed by atoms with Crippen LogP contribution in [-0.2, 0) is 14.8 Å². The van der Waals surface area contributed by atoms with Gasteiger partial charge in [0.1, 0.15) is 5.82 Å². The van der Waals surface area contributed by atoms with Gasteiger partial charge in [-0.3, -0.25) is 0 Å². The lowest BCUT2D eigenvalue weighted by Crippen LogP contribution is -2.42. The molecule has 3 rings (SSSR count). The number of sulfonamides is 1. The van der Waals surface area contributed by atoms with Gasteiger partial charge in [-0.1, -0.05) is 23.2 Å². The van der Waals surface area contributed by atoms with Gasteiger partial charge < -0.3 is 4.74 Å². The van der Waals surface area contributed by atoms with Gasteiger partial charge >= 0.3 is 0 Å². The smallest absolute Gasteiger partial charge is 0.243 e. The third kappa shape index (κ3) is 3.99. The van der Waals surface area contributed by atoms with Crippen molar-refractivity contribution in [2.45, 2.75) is 17.9 Å². The molecule has 1 unspecified atom stereocenters. The van der Waals surface area contributed by atoms with Crippen LogP contribution in [0.5, 0.6) is 0 Å². The maximum absolute atomic E-state index is 13.3. The molecule has 1 saturated heterocycles. The predicted octanol–water partition coefficient (Wildman–Crippen LogP) is 4.20. The molecule has 134 valence electrons. The van der Waals surface area contributed by atoms with E-state index in [0.29, 0.717) is 21.2 Å². The summed E-state index contributed by atoms with van der Waals surface area (Å²) in [7, 11) is -3.75. The number of benzene rings is 2. The number of halogens is 3. The molecule has 0 aliphatic carbocycles. The van der Waals surface area contributed by atoms with Crippen molar-refractivity contribution in [1.29, 1.82) is 0 Å². The highest BCUT2D eigenvalue weighted by atomic mass is 35.5. The maximum atomic E-state index is 13.3. The van der Waals surface area contributed by atoms with Crippen LogP contribution in [0.2, 0.25) is 10.0 Å². The molecule has 0 N–H and O–H groups in total. The van der Waals surface area contributed by atoms with Gasteiger partial charge in [0.05, 0.1) is 17.6 Å². The number of morpholine rings is 1. The molecule has 1 aliphatic rings. The minimum Gasteiger partial charge on any atom is -0.371 e. The zero-order valence-electron chi connectivity index (χ0n) is 13.4. The molecule has 8 heteroatoms. The van der Waals surface area contributed by atoms with Crippen molar-refractivity contribution >= 4 is 33.2 Å². The first-order valence-corrected chi connectivity index (χ1v) is 9.81. The van der Waals surface area contributed by atoms with Crippen LogP contribution in [0, 0.1) is 12.7 Å². The van der Waals surface area contributed by atoms with E-state index in [4.69, 9.17) is 27.9 Å². The largest absolute Gasteiger partial charge is 0.371 e. The van der Waals surface area contributed by atoms with Crippen molar-refractivity contribution in [2.24, 2.45) is 0 Å². The number of hydrogen-bond donors (Lipinski definition) is 0. The molecule has 1 aliphatic heterocycles. The Labute approximate surface area is 156 Å². The Morgan fingerprint density at radius 2 is 1.84 bits per heavy atom. The van der Waals surface area contributed by atoms with Crippen LogP contribution in [0.3, 0.4) is 0 Å². The SMILES string of the molecule is Cc1cc(F)ccc1S(=O)(=O)N1CCOC(c2cc(Cl)cc(Cl)c2)C1. The minimum absolute atomic E-state index is 0.0960. The molecule has 0 saturated carbocycles. The normalized spacial score (nSPS) is 19.1. The standard InChI is InChI=1S/C17H16Cl2FNO3S/c1-11-6-15(20)2-3-17(11)25(22,23)21-4-5-24-16(10-21)12-7-13(18)9-14(19)8-12/h2-3,6-9,16H,4-5,10H2,1H3. The Kier molecular flexibility index (Phi) is 5.37. The molecule has 1 heterocycles. The van der Waals surface area contributed by atoms with E-state index in [9.17, 15) is 12.8 Å². The summed E-state index contributed by atoms with van der Waals surface area (Å²) >= 11 is 12.0. The molecule has 1 fully saturated rings. The summed E-state index contributed by atoms with van der Waals surface area (Å²) in [6, 6.07) is 8.66. The van der Waals surface area contributed by atoms with Crippen LogP contribution >= 0.6 is 23.2 Å². The Bertz CT molecular complexity index is 885. The molecule has 0 amide bonds. The quantitative estimate of drug-likeness (QED) is 0.770. The number of nitrogens with zero attached hydrogens (tertiary/aromatic N) is 1. The number of hydrogen-bond acceptors (Lipinski definition) is 3. The lowest BCUT2D eigenvalue weighted by molar-refractivity contribution is -0.00255. The van der Waals surface area contributed by atoms with E-state index in [-0.39, 0.29) is 24.6 Å². The summed E-state index contributed by atoms with van der Waals surface area (Å²) in [4.78, 5) is 0.0960. The third-order valence-corrected chi connectivity index (χ3v) is 6.50. The number of rotatable bonds is 3. The highest BCUT2D eigenvalue weighted by molar-refractivity contribution is 7.89.